The summed E-state index contributed by atoms with van der Waals surface area (Å²) in [4.78, 5) is 14.2. The number of aryl methyl sites for hydroxylation is 1. The van der Waals surface area contributed by atoms with E-state index >= 15 is 0 Å². The zero-order chi connectivity index (χ0) is 30.2. The molecule has 1 saturated heterocycles. The Bertz CT molecular complexity index is 1010. The molecule has 0 radical (unpaired) electrons. The van der Waals surface area contributed by atoms with Crippen molar-refractivity contribution in [2.24, 2.45) is 5.73 Å². The van der Waals surface area contributed by atoms with Crippen LogP contribution in [0.5, 0.6) is 5.75 Å². The van der Waals surface area contributed by atoms with E-state index in [-0.39, 0.29) is 13.2 Å². The lowest BCUT2D eigenvalue weighted by atomic mass is 10.0. The van der Waals surface area contributed by atoms with E-state index in [1.54, 1.807) is 0 Å². The molecule has 1 aliphatic rings. The van der Waals surface area contributed by atoms with Gasteiger partial charge in [0.2, 0.25) is 0 Å². The zero-order valence-electron chi connectivity index (χ0n) is 25.2. The molecular weight excluding hydrogens is 536 g/mol. The van der Waals surface area contributed by atoms with Crippen molar-refractivity contribution in [1.29, 1.82) is 0 Å². The van der Waals surface area contributed by atoms with Crippen LogP contribution in [0.4, 0.5) is 0 Å². The number of aliphatic hydroxyl groups is 2. The van der Waals surface area contributed by atoms with Crippen molar-refractivity contribution in [1.82, 2.24) is 4.90 Å². The van der Waals surface area contributed by atoms with Crippen molar-refractivity contribution < 1.29 is 34.0 Å². The number of hydrogen-bond donors (Lipinski definition) is 3. The number of unbranched alkanes of at least 4 members (excludes halogenated alkanes) is 4. The number of esters is 1. The minimum Gasteiger partial charge on any atom is -0.492 e. The maximum atomic E-state index is 12.1. The molecule has 4 N–H and O–H groups in total. The average Bonchev–Trinajstić information content (AvgIpc) is 3.00. The maximum absolute atomic E-state index is 12.1. The topological polar surface area (TPSA) is 124 Å². The van der Waals surface area contributed by atoms with Crippen LogP contribution in [0.1, 0.15) is 69.8 Å². The first-order valence-corrected chi connectivity index (χ1v) is 15.4. The standard InChI is InChI=1S/C33H50N2O7/c1-3-4-5-11-20-35(21-22-39-28-17-15-26(16-18-28)12-9-10-19-34)23-30(41-25(2)36)31(38)32-29(37)24-40-33(42-32)27-13-7-6-8-14-27/h6-8,13-18,29-33,37-38H,3-5,9-12,19-24,34H2,1-2H3/t29-,30+,31-,32-,33?/m1/s1. The third-order valence-electron chi connectivity index (χ3n) is 7.47. The summed E-state index contributed by atoms with van der Waals surface area (Å²) in [6.07, 6.45) is 2.45. The summed E-state index contributed by atoms with van der Waals surface area (Å²) in [5.74, 6) is 0.291. The molecule has 234 valence electrons. The molecule has 9 nitrogen and oxygen atoms in total. The van der Waals surface area contributed by atoms with Gasteiger partial charge in [-0.25, -0.2) is 0 Å². The molecule has 2 aromatic rings. The van der Waals surface area contributed by atoms with Crippen LogP contribution in [0.25, 0.3) is 0 Å². The number of rotatable bonds is 19. The van der Waals surface area contributed by atoms with Crippen molar-refractivity contribution >= 4 is 5.97 Å². The van der Waals surface area contributed by atoms with E-state index in [4.69, 9.17) is 24.7 Å². The van der Waals surface area contributed by atoms with E-state index in [9.17, 15) is 15.0 Å². The van der Waals surface area contributed by atoms with Crippen molar-refractivity contribution in [3.05, 3.63) is 65.7 Å². The minimum atomic E-state index is -1.26. The highest BCUT2D eigenvalue weighted by atomic mass is 16.7. The molecular formula is C33H50N2O7. The van der Waals surface area contributed by atoms with Crippen molar-refractivity contribution in [2.75, 3.05) is 39.4 Å². The molecule has 0 saturated carbocycles. The van der Waals surface area contributed by atoms with Gasteiger partial charge in [-0.3, -0.25) is 9.69 Å². The van der Waals surface area contributed by atoms with Gasteiger partial charge in [0, 0.05) is 25.6 Å². The van der Waals surface area contributed by atoms with E-state index in [1.807, 2.05) is 42.5 Å². The largest absolute Gasteiger partial charge is 0.492 e. The first-order chi connectivity index (χ1) is 20.4. The SMILES string of the molecule is CCCCCCN(CCOc1ccc(CCCCN)cc1)C[C@H](OC(C)=O)[C@@H](O)[C@@H]1OC(c2ccccc2)OC[C@H]1O. The van der Waals surface area contributed by atoms with Gasteiger partial charge in [0.15, 0.2) is 6.29 Å². The predicted molar refractivity (Wildman–Crippen MR) is 162 cm³/mol. The van der Waals surface area contributed by atoms with Gasteiger partial charge in [0.1, 0.15) is 36.8 Å². The Balaban J connectivity index is 1.63. The molecule has 2 aromatic carbocycles. The summed E-state index contributed by atoms with van der Waals surface area (Å²) in [7, 11) is 0. The van der Waals surface area contributed by atoms with Crippen LogP contribution in [0.3, 0.4) is 0 Å². The number of nitrogens with zero attached hydrogens (tertiary/aromatic N) is 1. The van der Waals surface area contributed by atoms with Crippen LogP contribution in [-0.4, -0.2) is 84.9 Å². The highest BCUT2D eigenvalue weighted by molar-refractivity contribution is 5.66. The number of carbonyl (C=O) groups excluding carboxylic acids is 1. The molecule has 0 bridgehead atoms. The van der Waals surface area contributed by atoms with Gasteiger partial charge in [-0.15, -0.1) is 0 Å². The monoisotopic (exact) mass is 586 g/mol. The Morgan fingerprint density at radius 1 is 1.05 bits per heavy atom. The molecule has 9 heteroatoms. The van der Waals surface area contributed by atoms with E-state index < -0.39 is 36.7 Å². The lowest BCUT2D eigenvalue weighted by Crippen LogP contribution is -2.55. The predicted octanol–water partition coefficient (Wildman–Crippen LogP) is 4.00. The van der Waals surface area contributed by atoms with Gasteiger partial charge in [-0.2, -0.15) is 0 Å². The third-order valence-corrected chi connectivity index (χ3v) is 7.47. The second-order valence-corrected chi connectivity index (χ2v) is 11.0. The normalized spacial score (nSPS) is 20.3. The summed E-state index contributed by atoms with van der Waals surface area (Å²) >= 11 is 0. The molecule has 0 spiro atoms. The van der Waals surface area contributed by atoms with Crippen LogP contribution >= 0.6 is 0 Å². The van der Waals surface area contributed by atoms with Crippen molar-refractivity contribution in [3.63, 3.8) is 0 Å². The summed E-state index contributed by atoms with van der Waals surface area (Å²) in [5, 5.41) is 22.1. The number of ether oxygens (including phenoxy) is 4. The fraction of sp³-hybridized carbons (Fsp3) is 0.606. The third kappa shape index (κ3) is 11.6. The molecule has 5 atom stereocenters. The molecule has 1 fully saturated rings. The van der Waals surface area contributed by atoms with Crippen molar-refractivity contribution in [3.8, 4) is 5.75 Å². The number of hydrogen-bond acceptors (Lipinski definition) is 9. The number of benzene rings is 2. The second-order valence-electron chi connectivity index (χ2n) is 11.0. The van der Waals surface area contributed by atoms with Gasteiger partial charge in [-0.05, 0) is 56.5 Å². The summed E-state index contributed by atoms with van der Waals surface area (Å²) < 4.78 is 23.4. The molecule has 1 heterocycles. The highest BCUT2D eigenvalue weighted by Crippen LogP contribution is 2.29. The van der Waals surface area contributed by atoms with E-state index in [0.717, 1.165) is 62.8 Å². The van der Waals surface area contributed by atoms with E-state index in [0.29, 0.717) is 19.7 Å². The Kier molecular flexibility index (Phi) is 15.3. The van der Waals surface area contributed by atoms with Crippen LogP contribution < -0.4 is 10.5 Å². The highest BCUT2D eigenvalue weighted by Gasteiger charge is 2.41. The van der Waals surface area contributed by atoms with Crippen LogP contribution in [0.2, 0.25) is 0 Å². The fourth-order valence-electron chi connectivity index (χ4n) is 5.12. The molecule has 1 unspecified atom stereocenters. The molecule has 0 amide bonds. The van der Waals surface area contributed by atoms with Crippen molar-refractivity contribution in [2.45, 2.75) is 89.5 Å². The van der Waals surface area contributed by atoms with E-state index in [1.165, 1.54) is 12.5 Å². The smallest absolute Gasteiger partial charge is 0.303 e. The lowest BCUT2D eigenvalue weighted by Gasteiger charge is -2.39. The Hall–Kier alpha value is -2.53. The average molecular weight is 587 g/mol. The summed E-state index contributed by atoms with van der Waals surface area (Å²) in [5.41, 5.74) is 7.64. The minimum absolute atomic E-state index is 0.00550. The molecule has 0 aromatic heterocycles. The van der Waals surface area contributed by atoms with Gasteiger partial charge in [0.25, 0.3) is 0 Å². The summed E-state index contributed by atoms with van der Waals surface area (Å²) in [6, 6.07) is 17.5. The Morgan fingerprint density at radius 2 is 1.81 bits per heavy atom. The number of nitrogens with two attached hydrogens (primary N) is 1. The number of aliphatic hydroxyl groups excluding tert-OH is 2. The van der Waals surface area contributed by atoms with Crippen LogP contribution in [0.15, 0.2) is 54.6 Å². The molecule has 1 aliphatic heterocycles. The number of carbonyl (C=O) groups is 1. The molecule has 3 rings (SSSR count). The van der Waals surface area contributed by atoms with Gasteiger partial charge in [0.05, 0.1) is 6.61 Å². The van der Waals surface area contributed by atoms with Gasteiger partial charge in [-0.1, -0.05) is 68.7 Å². The van der Waals surface area contributed by atoms with Crippen LogP contribution in [-0.2, 0) is 25.4 Å². The van der Waals surface area contributed by atoms with Gasteiger partial charge < -0.3 is 34.9 Å². The summed E-state index contributed by atoms with van der Waals surface area (Å²) in [6.45, 7) is 6.26. The first-order valence-electron chi connectivity index (χ1n) is 15.4. The second kappa shape index (κ2) is 18.9. The van der Waals surface area contributed by atoms with Gasteiger partial charge >= 0.3 is 5.97 Å². The Labute approximate surface area is 250 Å². The van der Waals surface area contributed by atoms with E-state index in [2.05, 4.69) is 24.0 Å². The molecule has 42 heavy (non-hydrogen) atoms. The first kappa shape index (κ1) is 34.0. The quantitative estimate of drug-likeness (QED) is 0.166. The maximum Gasteiger partial charge on any atom is 0.303 e. The molecule has 0 aliphatic carbocycles. The zero-order valence-corrected chi connectivity index (χ0v) is 25.2. The van der Waals surface area contributed by atoms with Crippen LogP contribution in [0, 0.1) is 0 Å². The lowest BCUT2D eigenvalue weighted by molar-refractivity contribution is -0.284. The Morgan fingerprint density at radius 3 is 2.50 bits per heavy atom. The fourth-order valence-corrected chi connectivity index (χ4v) is 5.12.